The molecular formula is C19H24N4O2. The van der Waals surface area contributed by atoms with Gasteiger partial charge in [0.1, 0.15) is 5.82 Å². The van der Waals surface area contributed by atoms with Crippen LogP contribution >= 0.6 is 0 Å². The number of anilines is 2. The van der Waals surface area contributed by atoms with Gasteiger partial charge in [-0.1, -0.05) is 6.92 Å². The minimum absolute atomic E-state index is 0.144. The van der Waals surface area contributed by atoms with Gasteiger partial charge in [0.15, 0.2) is 0 Å². The molecule has 2 amide bonds. The molecule has 1 N–H and O–H groups in total. The highest BCUT2D eigenvalue weighted by Gasteiger charge is 2.22. The summed E-state index contributed by atoms with van der Waals surface area (Å²) in [5.41, 5.74) is 2.28. The number of nitrogens with one attached hydrogen (secondary N) is 1. The smallest absolute Gasteiger partial charge is 0.256 e. The van der Waals surface area contributed by atoms with E-state index in [2.05, 4.69) is 24.3 Å². The molecule has 3 rings (SSSR count). The molecule has 1 atom stereocenters. The zero-order chi connectivity index (χ0) is 18.0. The number of benzene rings is 1. The molecule has 0 saturated carbocycles. The minimum Gasteiger partial charge on any atom is -0.312 e. The fraction of sp³-hybridized carbons (Fsp3) is 0.421. The first kappa shape index (κ1) is 17.2. The second kappa shape index (κ2) is 7.09. The summed E-state index contributed by atoms with van der Waals surface area (Å²) in [6.07, 6.45) is 2.42. The molecule has 25 heavy (non-hydrogen) atoms. The van der Waals surface area contributed by atoms with Crippen LogP contribution in [0.25, 0.3) is 0 Å². The van der Waals surface area contributed by atoms with Crippen LogP contribution in [-0.4, -0.2) is 28.1 Å². The van der Waals surface area contributed by atoms with Crippen molar-refractivity contribution < 1.29 is 9.59 Å². The van der Waals surface area contributed by atoms with E-state index < -0.39 is 0 Å². The van der Waals surface area contributed by atoms with Gasteiger partial charge in [0.05, 0.1) is 11.7 Å². The van der Waals surface area contributed by atoms with Crippen LogP contribution in [0.1, 0.15) is 55.2 Å². The monoisotopic (exact) mass is 340 g/mol. The van der Waals surface area contributed by atoms with Crippen molar-refractivity contribution in [3.8, 4) is 0 Å². The fourth-order valence-corrected chi connectivity index (χ4v) is 3.02. The van der Waals surface area contributed by atoms with Crippen LogP contribution in [0.2, 0.25) is 0 Å². The Morgan fingerprint density at radius 3 is 2.64 bits per heavy atom. The molecule has 2 heterocycles. The number of hydrogen-bond acceptors (Lipinski definition) is 3. The highest BCUT2D eigenvalue weighted by atomic mass is 16.2. The van der Waals surface area contributed by atoms with E-state index in [4.69, 9.17) is 0 Å². The maximum Gasteiger partial charge on any atom is 0.256 e. The van der Waals surface area contributed by atoms with E-state index in [1.165, 1.54) is 0 Å². The van der Waals surface area contributed by atoms with E-state index >= 15 is 0 Å². The quantitative estimate of drug-likeness (QED) is 0.905. The van der Waals surface area contributed by atoms with Crippen LogP contribution < -0.4 is 10.2 Å². The van der Waals surface area contributed by atoms with Gasteiger partial charge in [0, 0.05) is 30.3 Å². The van der Waals surface area contributed by atoms with E-state index in [0.29, 0.717) is 17.8 Å². The zero-order valence-corrected chi connectivity index (χ0v) is 15.0. The molecule has 1 aromatic heterocycles. The van der Waals surface area contributed by atoms with Crippen molar-refractivity contribution in [2.24, 2.45) is 0 Å². The Morgan fingerprint density at radius 2 is 2.04 bits per heavy atom. The topological polar surface area (TPSA) is 67.2 Å². The number of carbonyl (C=O) groups excluding carboxylic acids is 2. The number of hydrogen-bond donors (Lipinski definition) is 1. The van der Waals surface area contributed by atoms with Gasteiger partial charge in [-0.15, -0.1) is 0 Å². The molecule has 6 nitrogen and oxygen atoms in total. The standard InChI is InChI=1S/C19H24N4O2/c1-4-14(3)23-17(12-13(2)21-23)20-19(25)15-7-9-16(10-8-15)22-11-5-6-18(22)24/h7-10,12,14H,4-6,11H2,1-3H3,(H,20,25). The fourth-order valence-electron chi connectivity index (χ4n) is 3.02. The number of rotatable bonds is 5. The van der Waals surface area contributed by atoms with Crippen molar-refractivity contribution in [2.75, 3.05) is 16.8 Å². The molecule has 6 heteroatoms. The molecule has 0 bridgehead atoms. The van der Waals surface area contributed by atoms with Gasteiger partial charge in [-0.2, -0.15) is 5.10 Å². The molecule has 1 unspecified atom stereocenters. The molecule has 0 spiro atoms. The van der Waals surface area contributed by atoms with Crippen molar-refractivity contribution >= 4 is 23.3 Å². The molecule has 2 aromatic rings. The summed E-state index contributed by atoms with van der Waals surface area (Å²) < 4.78 is 1.85. The molecule has 1 fully saturated rings. The van der Waals surface area contributed by atoms with Gasteiger partial charge < -0.3 is 10.2 Å². The summed E-state index contributed by atoms with van der Waals surface area (Å²) >= 11 is 0. The average Bonchev–Trinajstić information content (AvgIpc) is 3.19. The molecule has 132 valence electrons. The summed E-state index contributed by atoms with van der Waals surface area (Å²) in [6.45, 7) is 6.82. The second-order valence-corrected chi connectivity index (χ2v) is 6.52. The molecule has 0 aliphatic carbocycles. The lowest BCUT2D eigenvalue weighted by Crippen LogP contribution is -2.23. The Bertz CT molecular complexity index is 779. The Hall–Kier alpha value is -2.63. The van der Waals surface area contributed by atoms with Crippen LogP contribution in [0, 0.1) is 6.92 Å². The maximum atomic E-state index is 12.6. The summed E-state index contributed by atoms with van der Waals surface area (Å²) in [4.78, 5) is 26.1. The molecule has 1 aromatic carbocycles. The number of carbonyl (C=O) groups is 2. The first-order valence-electron chi connectivity index (χ1n) is 8.77. The van der Waals surface area contributed by atoms with E-state index in [-0.39, 0.29) is 17.9 Å². The Kier molecular flexibility index (Phi) is 4.88. The van der Waals surface area contributed by atoms with E-state index in [1.54, 1.807) is 17.0 Å². The predicted octanol–water partition coefficient (Wildman–Crippen LogP) is 3.54. The minimum atomic E-state index is -0.177. The van der Waals surface area contributed by atoms with Gasteiger partial charge >= 0.3 is 0 Å². The maximum absolute atomic E-state index is 12.6. The lowest BCUT2D eigenvalue weighted by atomic mass is 10.2. The Labute approximate surface area is 147 Å². The molecule has 0 radical (unpaired) electrons. The summed E-state index contributed by atoms with van der Waals surface area (Å²) in [5, 5.41) is 7.40. The first-order valence-corrected chi connectivity index (χ1v) is 8.77. The van der Waals surface area contributed by atoms with Crippen molar-refractivity contribution in [1.82, 2.24) is 9.78 Å². The van der Waals surface area contributed by atoms with Crippen LogP contribution in [0.5, 0.6) is 0 Å². The highest BCUT2D eigenvalue weighted by Crippen LogP contribution is 2.23. The number of aryl methyl sites for hydroxylation is 1. The van der Waals surface area contributed by atoms with E-state index in [9.17, 15) is 9.59 Å². The SMILES string of the molecule is CCC(C)n1nc(C)cc1NC(=O)c1ccc(N2CCCC2=O)cc1. The molecule has 1 saturated heterocycles. The zero-order valence-electron chi connectivity index (χ0n) is 15.0. The van der Waals surface area contributed by atoms with Crippen LogP contribution in [0.3, 0.4) is 0 Å². The Balaban J connectivity index is 1.75. The number of amides is 2. The summed E-state index contributed by atoms with van der Waals surface area (Å²) in [6, 6.07) is 9.26. The Morgan fingerprint density at radius 1 is 1.32 bits per heavy atom. The summed E-state index contributed by atoms with van der Waals surface area (Å²) in [5.74, 6) is 0.671. The van der Waals surface area contributed by atoms with Gasteiger partial charge in [-0.3, -0.25) is 9.59 Å². The van der Waals surface area contributed by atoms with E-state index in [0.717, 1.165) is 30.8 Å². The normalized spacial score (nSPS) is 15.5. The van der Waals surface area contributed by atoms with Crippen molar-refractivity contribution in [3.05, 3.63) is 41.6 Å². The summed E-state index contributed by atoms with van der Waals surface area (Å²) in [7, 11) is 0. The molecule has 1 aliphatic rings. The number of nitrogens with zero attached hydrogens (tertiary/aromatic N) is 3. The third kappa shape index (κ3) is 3.57. The molecule has 1 aliphatic heterocycles. The van der Waals surface area contributed by atoms with E-state index in [1.807, 2.05) is 29.8 Å². The average molecular weight is 340 g/mol. The van der Waals surface area contributed by atoms with Gasteiger partial charge in [0.25, 0.3) is 5.91 Å². The van der Waals surface area contributed by atoms with Gasteiger partial charge in [-0.25, -0.2) is 4.68 Å². The third-order valence-electron chi connectivity index (χ3n) is 4.62. The first-order chi connectivity index (χ1) is 12.0. The predicted molar refractivity (Wildman–Crippen MR) is 97.9 cm³/mol. The lowest BCUT2D eigenvalue weighted by Gasteiger charge is -2.16. The van der Waals surface area contributed by atoms with Crippen molar-refractivity contribution in [2.45, 2.75) is 46.1 Å². The number of aromatic nitrogens is 2. The van der Waals surface area contributed by atoms with Crippen LogP contribution in [-0.2, 0) is 4.79 Å². The second-order valence-electron chi connectivity index (χ2n) is 6.52. The van der Waals surface area contributed by atoms with Crippen LogP contribution in [0.15, 0.2) is 30.3 Å². The van der Waals surface area contributed by atoms with Gasteiger partial charge in [0.2, 0.25) is 5.91 Å². The van der Waals surface area contributed by atoms with Crippen LogP contribution in [0.4, 0.5) is 11.5 Å². The lowest BCUT2D eigenvalue weighted by molar-refractivity contribution is -0.117. The van der Waals surface area contributed by atoms with Crippen molar-refractivity contribution in [3.63, 3.8) is 0 Å². The largest absolute Gasteiger partial charge is 0.312 e. The highest BCUT2D eigenvalue weighted by molar-refractivity contribution is 6.04. The molecular weight excluding hydrogens is 316 g/mol. The third-order valence-corrected chi connectivity index (χ3v) is 4.62. The van der Waals surface area contributed by atoms with Crippen molar-refractivity contribution in [1.29, 1.82) is 0 Å². The van der Waals surface area contributed by atoms with Gasteiger partial charge in [-0.05, 0) is 51.0 Å².